The quantitative estimate of drug-likeness (QED) is 0.442. The van der Waals surface area contributed by atoms with Crippen molar-refractivity contribution in [2.24, 2.45) is 0 Å². The first-order valence-electron chi connectivity index (χ1n) is 10.3. The first-order chi connectivity index (χ1) is 14.3. The van der Waals surface area contributed by atoms with Gasteiger partial charge in [-0.1, -0.05) is 63.2 Å². The summed E-state index contributed by atoms with van der Waals surface area (Å²) in [4.78, 5) is 29.1. The lowest BCUT2D eigenvalue weighted by molar-refractivity contribution is -0.156. The molecule has 0 fully saturated rings. The van der Waals surface area contributed by atoms with Gasteiger partial charge in [-0.3, -0.25) is 9.59 Å². The highest BCUT2D eigenvalue weighted by Gasteiger charge is 2.36. The SMILES string of the molecule is CCOC(=O)C(C(=O)OCC)c1c(-c2ccc(C(C)(C)C)cc2)[nH]c2ccccc12. The summed E-state index contributed by atoms with van der Waals surface area (Å²) < 4.78 is 10.5. The fraction of sp³-hybridized carbons (Fsp3) is 0.360. The van der Waals surface area contributed by atoms with E-state index in [9.17, 15) is 9.59 Å². The number of benzene rings is 2. The topological polar surface area (TPSA) is 68.4 Å². The summed E-state index contributed by atoms with van der Waals surface area (Å²) >= 11 is 0. The third kappa shape index (κ3) is 4.25. The van der Waals surface area contributed by atoms with Crippen molar-refractivity contribution in [3.63, 3.8) is 0 Å². The molecular formula is C25H29NO4. The van der Waals surface area contributed by atoms with E-state index in [1.54, 1.807) is 13.8 Å². The monoisotopic (exact) mass is 407 g/mol. The molecule has 0 unspecified atom stereocenters. The number of aromatic amines is 1. The second-order valence-corrected chi connectivity index (χ2v) is 8.22. The molecule has 0 amide bonds. The van der Waals surface area contributed by atoms with Gasteiger partial charge in [0, 0.05) is 16.5 Å². The zero-order valence-corrected chi connectivity index (χ0v) is 18.2. The summed E-state index contributed by atoms with van der Waals surface area (Å²) in [6, 6.07) is 15.8. The van der Waals surface area contributed by atoms with Crippen molar-refractivity contribution in [2.45, 2.75) is 46.0 Å². The van der Waals surface area contributed by atoms with Gasteiger partial charge in [-0.15, -0.1) is 0 Å². The number of esters is 2. The molecule has 1 aromatic heterocycles. The smallest absolute Gasteiger partial charge is 0.324 e. The fourth-order valence-electron chi connectivity index (χ4n) is 3.61. The third-order valence-corrected chi connectivity index (χ3v) is 5.12. The molecule has 3 rings (SSSR count). The molecule has 0 atom stereocenters. The van der Waals surface area contributed by atoms with Crippen LogP contribution < -0.4 is 0 Å². The zero-order chi connectivity index (χ0) is 21.9. The summed E-state index contributed by atoms with van der Waals surface area (Å²) in [5.74, 6) is -2.36. The molecule has 0 saturated heterocycles. The van der Waals surface area contributed by atoms with E-state index in [0.29, 0.717) is 5.56 Å². The van der Waals surface area contributed by atoms with Gasteiger partial charge in [0.25, 0.3) is 0 Å². The van der Waals surface area contributed by atoms with Gasteiger partial charge in [0.2, 0.25) is 0 Å². The van der Waals surface area contributed by atoms with Gasteiger partial charge in [0.15, 0.2) is 5.92 Å². The number of aromatic nitrogens is 1. The van der Waals surface area contributed by atoms with E-state index in [-0.39, 0.29) is 18.6 Å². The van der Waals surface area contributed by atoms with E-state index < -0.39 is 17.9 Å². The number of para-hydroxylation sites is 1. The molecule has 1 heterocycles. The first kappa shape index (κ1) is 21.6. The van der Waals surface area contributed by atoms with E-state index >= 15 is 0 Å². The van der Waals surface area contributed by atoms with Crippen LogP contribution in [0.4, 0.5) is 0 Å². The number of carbonyl (C=O) groups excluding carboxylic acids is 2. The highest BCUT2D eigenvalue weighted by Crippen LogP contribution is 2.37. The van der Waals surface area contributed by atoms with Crippen LogP contribution in [-0.2, 0) is 24.5 Å². The van der Waals surface area contributed by atoms with Gasteiger partial charge >= 0.3 is 11.9 Å². The Balaban J connectivity index is 2.22. The minimum atomic E-state index is -1.15. The predicted octanol–water partition coefficient (Wildman–Crippen LogP) is 5.34. The number of nitrogens with one attached hydrogen (secondary N) is 1. The van der Waals surface area contributed by atoms with Gasteiger partial charge in [-0.05, 0) is 36.5 Å². The molecule has 158 valence electrons. The van der Waals surface area contributed by atoms with E-state index in [0.717, 1.165) is 22.2 Å². The van der Waals surface area contributed by atoms with E-state index in [1.807, 2.05) is 36.4 Å². The van der Waals surface area contributed by atoms with Crippen LogP contribution in [0.5, 0.6) is 0 Å². The highest BCUT2D eigenvalue weighted by atomic mass is 16.6. The van der Waals surface area contributed by atoms with Crippen molar-refractivity contribution in [3.05, 3.63) is 59.7 Å². The molecule has 0 saturated carbocycles. The maximum atomic E-state index is 12.8. The maximum absolute atomic E-state index is 12.8. The largest absolute Gasteiger partial charge is 0.465 e. The highest BCUT2D eigenvalue weighted by molar-refractivity contribution is 6.07. The Kier molecular flexibility index (Phi) is 6.30. The van der Waals surface area contributed by atoms with Crippen LogP contribution in [0.15, 0.2) is 48.5 Å². The van der Waals surface area contributed by atoms with E-state index in [4.69, 9.17) is 9.47 Å². The lowest BCUT2D eigenvalue weighted by Gasteiger charge is -2.20. The normalized spacial score (nSPS) is 11.7. The van der Waals surface area contributed by atoms with Gasteiger partial charge in [-0.25, -0.2) is 0 Å². The molecule has 5 heteroatoms. The summed E-state index contributed by atoms with van der Waals surface area (Å²) in [6.45, 7) is 10.3. The van der Waals surface area contributed by atoms with Crippen molar-refractivity contribution in [1.82, 2.24) is 4.98 Å². The van der Waals surface area contributed by atoms with Crippen molar-refractivity contribution >= 4 is 22.8 Å². The van der Waals surface area contributed by atoms with Crippen molar-refractivity contribution in [2.75, 3.05) is 13.2 Å². The Morgan fingerprint density at radius 3 is 2.00 bits per heavy atom. The van der Waals surface area contributed by atoms with Crippen LogP contribution in [0.25, 0.3) is 22.2 Å². The van der Waals surface area contributed by atoms with Crippen molar-refractivity contribution in [1.29, 1.82) is 0 Å². The molecule has 0 aliphatic carbocycles. The standard InChI is InChI=1S/C25H29NO4/c1-6-29-23(27)21(24(28)30-7-2)20-18-10-8-9-11-19(18)26-22(20)16-12-14-17(15-13-16)25(3,4)5/h8-15,21,26H,6-7H2,1-5H3. The molecule has 30 heavy (non-hydrogen) atoms. The average Bonchev–Trinajstić information content (AvgIpc) is 3.07. The third-order valence-electron chi connectivity index (χ3n) is 5.12. The second kappa shape index (κ2) is 8.74. The molecule has 0 bridgehead atoms. The molecule has 2 aromatic carbocycles. The second-order valence-electron chi connectivity index (χ2n) is 8.22. The van der Waals surface area contributed by atoms with Crippen molar-refractivity contribution in [3.8, 4) is 11.3 Å². The van der Waals surface area contributed by atoms with Gasteiger partial charge in [0.05, 0.1) is 18.9 Å². The Morgan fingerprint density at radius 1 is 0.900 bits per heavy atom. The van der Waals surface area contributed by atoms with Crippen LogP contribution in [0.3, 0.4) is 0 Å². The summed E-state index contributed by atoms with van der Waals surface area (Å²) in [6.07, 6.45) is 0. The predicted molar refractivity (Wildman–Crippen MR) is 118 cm³/mol. The molecule has 0 aliphatic heterocycles. The van der Waals surface area contributed by atoms with Gasteiger partial charge in [-0.2, -0.15) is 0 Å². The number of rotatable bonds is 6. The number of H-pyrrole nitrogens is 1. The van der Waals surface area contributed by atoms with Crippen LogP contribution in [-0.4, -0.2) is 30.1 Å². The van der Waals surface area contributed by atoms with Crippen LogP contribution in [0.2, 0.25) is 0 Å². The van der Waals surface area contributed by atoms with Crippen LogP contribution in [0, 0.1) is 0 Å². The summed E-state index contributed by atoms with van der Waals surface area (Å²) in [5, 5.41) is 0.804. The lowest BCUT2D eigenvalue weighted by atomic mass is 9.86. The maximum Gasteiger partial charge on any atom is 0.324 e. The van der Waals surface area contributed by atoms with E-state index in [2.05, 4.69) is 37.9 Å². The van der Waals surface area contributed by atoms with E-state index in [1.165, 1.54) is 5.56 Å². The Hall–Kier alpha value is -3.08. The van der Waals surface area contributed by atoms with Crippen LogP contribution >= 0.6 is 0 Å². The molecule has 0 aliphatic rings. The summed E-state index contributed by atoms with van der Waals surface area (Å²) in [7, 11) is 0. The number of ether oxygens (including phenoxy) is 2. The molecule has 5 nitrogen and oxygen atoms in total. The average molecular weight is 408 g/mol. The zero-order valence-electron chi connectivity index (χ0n) is 18.2. The number of fused-ring (bicyclic) bond motifs is 1. The summed E-state index contributed by atoms with van der Waals surface area (Å²) in [5.41, 5.74) is 4.29. The Bertz CT molecular complexity index is 1020. The van der Waals surface area contributed by atoms with Crippen molar-refractivity contribution < 1.29 is 19.1 Å². The minimum absolute atomic E-state index is 0.0280. The number of hydrogen-bond donors (Lipinski definition) is 1. The lowest BCUT2D eigenvalue weighted by Crippen LogP contribution is -2.26. The first-order valence-corrected chi connectivity index (χ1v) is 10.3. The molecule has 1 N–H and O–H groups in total. The molecule has 0 spiro atoms. The Labute approximate surface area is 177 Å². The number of hydrogen-bond acceptors (Lipinski definition) is 4. The molecular weight excluding hydrogens is 378 g/mol. The van der Waals surface area contributed by atoms with Crippen LogP contribution in [0.1, 0.15) is 51.7 Å². The molecule has 0 radical (unpaired) electrons. The van der Waals surface area contributed by atoms with Gasteiger partial charge in [0.1, 0.15) is 0 Å². The molecule has 3 aromatic rings. The Morgan fingerprint density at radius 2 is 1.47 bits per heavy atom. The number of carbonyl (C=O) groups is 2. The minimum Gasteiger partial charge on any atom is -0.465 e. The van der Waals surface area contributed by atoms with Gasteiger partial charge < -0.3 is 14.5 Å². The fourth-order valence-corrected chi connectivity index (χ4v) is 3.61.